The highest BCUT2D eigenvalue weighted by Gasteiger charge is 2.33. The van der Waals surface area contributed by atoms with E-state index in [9.17, 15) is 18.0 Å². The summed E-state index contributed by atoms with van der Waals surface area (Å²) in [6, 6.07) is 0. The molecule has 0 unspecified atom stereocenters. The number of ether oxygens (including phenoxy) is 1. The molecule has 0 aliphatic heterocycles. The Hall–Kier alpha value is -1.11. The van der Waals surface area contributed by atoms with Crippen molar-refractivity contribution in [3.8, 4) is 0 Å². The SMILES string of the molecule is O=C(CCc1cncs1)OC(F)(F)F. The molecule has 0 aromatic carbocycles. The van der Waals surface area contributed by atoms with Gasteiger partial charge in [-0.2, -0.15) is 0 Å². The first kappa shape index (κ1) is 11.0. The van der Waals surface area contributed by atoms with Gasteiger partial charge in [-0.05, 0) is 6.42 Å². The van der Waals surface area contributed by atoms with Crippen LogP contribution in [0.25, 0.3) is 0 Å². The Kier molecular flexibility index (Phi) is 3.45. The molecular formula is C7H6F3NO2S. The number of rotatable bonds is 3. The van der Waals surface area contributed by atoms with Crippen molar-refractivity contribution in [1.29, 1.82) is 0 Å². The van der Waals surface area contributed by atoms with Gasteiger partial charge in [0.1, 0.15) is 0 Å². The normalized spacial score (nSPS) is 11.4. The molecule has 1 heterocycles. The van der Waals surface area contributed by atoms with Gasteiger partial charge >= 0.3 is 12.3 Å². The van der Waals surface area contributed by atoms with Crippen LogP contribution in [0.4, 0.5) is 13.2 Å². The van der Waals surface area contributed by atoms with Gasteiger partial charge in [0.15, 0.2) is 0 Å². The van der Waals surface area contributed by atoms with Crippen LogP contribution in [0.5, 0.6) is 0 Å². The van der Waals surface area contributed by atoms with Gasteiger partial charge in [0.2, 0.25) is 0 Å². The van der Waals surface area contributed by atoms with Crippen LogP contribution >= 0.6 is 11.3 Å². The van der Waals surface area contributed by atoms with Gasteiger partial charge in [-0.25, -0.2) is 0 Å². The molecule has 78 valence electrons. The van der Waals surface area contributed by atoms with Gasteiger partial charge < -0.3 is 4.74 Å². The van der Waals surface area contributed by atoms with Gasteiger partial charge in [0.25, 0.3) is 0 Å². The number of alkyl halides is 3. The standard InChI is InChI=1S/C7H6F3NO2S/c8-7(9,10)13-6(12)2-1-5-3-11-4-14-5/h3-4H,1-2H2. The molecule has 14 heavy (non-hydrogen) atoms. The molecule has 0 aliphatic carbocycles. The van der Waals surface area contributed by atoms with E-state index < -0.39 is 12.3 Å². The molecule has 0 N–H and O–H groups in total. The summed E-state index contributed by atoms with van der Waals surface area (Å²) in [7, 11) is 0. The number of hydrogen-bond acceptors (Lipinski definition) is 4. The van der Waals surface area contributed by atoms with E-state index in [1.54, 1.807) is 5.51 Å². The lowest BCUT2D eigenvalue weighted by molar-refractivity contribution is -0.305. The van der Waals surface area contributed by atoms with E-state index in [2.05, 4.69) is 9.72 Å². The Balaban J connectivity index is 2.29. The third kappa shape index (κ3) is 4.22. The molecule has 0 atom stereocenters. The molecular weight excluding hydrogens is 219 g/mol. The maximum absolute atomic E-state index is 11.5. The highest BCUT2D eigenvalue weighted by atomic mass is 32.1. The highest BCUT2D eigenvalue weighted by molar-refractivity contribution is 7.09. The maximum Gasteiger partial charge on any atom is 0.575 e. The molecule has 0 radical (unpaired) electrons. The quantitative estimate of drug-likeness (QED) is 0.740. The van der Waals surface area contributed by atoms with E-state index >= 15 is 0 Å². The zero-order valence-corrected chi connectivity index (χ0v) is 7.69. The number of carbonyl (C=O) groups is 1. The number of carbonyl (C=O) groups excluding carboxylic acids is 1. The van der Waals surface area contributed by atoms with Gasteiger partial charge in [0.05, 0.1) is 11.9 Å². The molecule has 0 fully saturated rings. The number of aromatic nitrogens is 1. The van der Waals surface area contributed by atoms with Crippen molar-refractivity contribution < 1.29 is 22.7 Å². The Bertz CT molecular complexity index is 296. The van der Waals surface area contributed by atoms with Gasteiger partial charge in [-0.3, -0.25) is 9.78 Å². The van der Waals surface area contributed by atoms with E-state index in [4.69, 9.17) is 0 Å². The number of hydrogen-bond donors (Lipinski definition) is 0. The van der Waals surface area contributed by atoms with Gasteiger partial charge in [-0.15, -0.1) is 24.5 Å². The fourth-order valence-corrected chi connectivity index (χ4v) is 1.37. The number of aryl methyl sites for hydroxylation is 1. The molecule has 7 heteroatoms. The predicted molar refractivity (Wildman–Crippen MR) is 42.6 cm³/mol. The minimum absolute atomic E-state index is 0.222. The van der Waals surface area contributed by atoms with Gasteiger partial charge in [0, 0.05) is 11.1 Å². The number of halogens is 3. The minimum atomic E-state index is -4.88. The fourth-order valence-electron chi connectivity index (χ4n) is 0.771. The first-order valence-electron chi connectivity index (χ1n) is 3.63. The van der Waals surface area contributed by atoms with E-state index in [1.807, 2.05) is 0 Å². The highest BCUT2D eigenvalue weighted by Crippen LogP contribution is 2.18. The van der Waals surface area contributed by atoms with Gasteiger partial charge in [-0.1, -0.05) is 0 Å². The fraction of sp³-hybridized carbons (Fsp3) is 0.429. The van der Waals surface area contributed by atoms with Crippen LogP contribution in [-0.2, 0) is 16.0 Å². The summed E-state index contributed by atoms with van der Waals surface area (Å²) < 4.78 is 37.7. The van der Waals surface area contributed by atoms with Crippen molar-refractivity contribution in [2.45, 2.75) is 19.2 Å². The third-order valence-corrected chi connectivity index (χ3v) is 2.13. The van der Waals surface area contributed by atoms with Crippen molar-refractivity contribution in [1.82, 2.24) is 4.98 Å². The van der Waals surface area contributed by atoms with Crippen molar-refractivity contribution in [2.75, 3.05) is 0 Å². The van der Waals surface area contributed by atoms with E-state index in [0.29, 0.717) is 0 Å². The monoisotopic (exact) mass is 225 g/mol. The predicted octanol–water partition coefficient (Wildman–Crippen LogP) is 2.14. The molecule has 3 nitrogen and oxygen atoms in total. The van der Waals surface area contributed by atoms with Crippen molar-refractivity contribution in [2.24, 2.45) is 0 Å². The molecule has 0 spiro atoms. The summed E-state index contributed by atoms with van der Waals surface area (Å²) in [5, 5.41) is 0. The maximum atomic E-state index is 11.5. The number of thiazole rings is 1. The first-order chi connectivity index (χ1) is 6.47. The lowest BCUT2D eigenvalue weighted by Gasteiger charge is -2.05. The molecule has 0 saturated heterocycles. The van der Waals surface area contributed by atoms with Crippen LogP contribution in [0.15, 0.2) is 11.7 Å². The second-order valence-corrected chi connectivity index (χ2v) is 3.36. The summed E-state index contributed by atoms with van der Waals surface area (Å²) in [6.45, 7) is 0. The summed E-state index contributed by atoms with van der Waals surface area (Å²) in [5.41, 5.74) is 1.55. The lowest BCUT2D eigenvalue weighted by atomic mass is 10.3. The smallest absolute Gasteiger partial charge is 0.373 e. The van der Waals surface area contributed by atoms with Crippen molar-refractivity contribution >= 4 is 17.3 Å². The second kappa shape index (κ2) is 4.41. The average Bonchev–Trinajstić information content (AvgIpc) is 2.49. The average molecular weight is 225 g/mol. The summed E-state index contributed by atoms with van der Waals surface area (Å²) >= 11 is 1.28. The Morgan fingerprint density at radius 1 is 1.57 bits per heavy atom. The van der Waals surface area contributed by atoms with Crippen molar-refractivity contribution in [3.05, 3.63) is 16.6 Å². The summed E-state index contributed by atoms with van der Waals surface area (Å²) in [6.07, 6.45) is -3.45. The van der Waals surface area contributed by atoms with Crippen LogP contribution in [-0.4, -0.2) is 17.3 Å². The Morgan fingerprint density at radius 3 is 2.79 bits per heavy atom. The van der Waals surface area contributed by atoms with E-state index in [0.717, 1.165) is 4.88 Å². The number of esters is 1. The minimum Gasteiger partial charge on any atom is -0.373 e. The van der Waals surface area contributed by atoms with Crippen LogP contribution in [0.3, 0.4) is 0 Å². The third-order valence-electron chi connectivity index (χ3n) is 1.29. The molecule has 1 rings (SSSR count). The molecule has 0 bridgehead atoms. The summed E-state index contributed by atoms with van der Waals surface area (Å²) in [5.74, 6) is -1.27. The Morgan fingerprint density at radius 2 is 2.29 bits per heavy atom. The van der Waals surface area contributed by atoms with Crippen LogP contribution < -0.4 is 0 Å². The topological polar surface area (TPSA) is 39.2 Å². The van der Waals surface area contributed by atoms with Crippen LogP contribution in [0.2, 0.25) is 0 Å². The number of nitrogens with zero attached hydrogens (tertiary/aromatic N) is 1. The van der Waals surface area contributed by atoms with E-state index in [1.165, 1.54) is 17.5 Å². The molecule has 1 aromatic heterocycles. The second-order valence-electron chi connectivity index (χ2n) is 2.39. The zero-order chi connectivity index (χ0) is 10.6. The molecule has 0 saturated carbocycles. The van der Waals surface area contributed by atoms with Crippen LogP contribution in [0, 0.1) is 0 Å². The van der Waals surface area contributed by atoms with E-state index in [-0.39, 0.29) is 12.8 Å². The van der Waals surface area contributed by atoms with Crippen molar-refractivity contribution in [3.63, 3.8) is 0 Å². The molecule has 0 amide bonds. The molecule has 0 aliphatic rings. The largest absolute Gasteiger partial charge is 0.575 e. The lowest BCUT2D eigenvalue weighted by Crippen LogP contribution is -2.19. The molecule has 1 aromatic rings. The summed E-state index contributed by atoms with van der Waals surface area (Å²) in [4.78, 5) is 15.1. The van der Waals surface area contributed by atoms with Crippen LogP contribution in [0.1, 0.15) is 11.3 Å². The zero-order valence-electron chi connectivity index (χ0n) is 6.87. The first-order valence-corrected chi connectivity index (χ1v) is 4.51. The Labute approximate surface area is 81.5 Å².